The van der Waals surface area contributed by atoms with Crippen molar-refractivity contribution in [1.82, 2.24) is 0 Å². The summed E-state index contributed by atoms with van der Waals surface area (Å²) in [5.74, 6) is -2.86. The van der Waals surface area contributed by atoms with Crippen molar-refractivity contribution in [2.75, 3.05) is 0 Å². The molecule has 0 spiro atoms. The second kappa shape index (κ2) is 4.19. The molecule has 0 aliphatic heterocycles. The Labute approximate surface area is 80.9 Å². The van der Waals surface area contributed by atoms with Crippen LogP contribution in [0.5, 0.6) is 0 Å². The third kappa shape index (κ3) is 1.96. The summed E-state index contributed by atoms with van der Waals surface area (Å²) in [5.41, 5.74) is 5.22. The van der Waals surface area contributed by atoms with Crippen molar-refractivity contribution in [2.45, 2.75) is 0 Å². The fraction of sp³-hybridized carbons (Fsp3) is 0.100. The third-order valence-electron chi connectivity index (χ3n) is 1.73. The second-order valence-corrected chi connectivity index (χ2v) is 2.69. The molecule has 0 fully saturated rings. The molecule has 2 N–H and O–H groups in total. The maximum atomic E-state index is 11.5. The van der Waals surface area contributed by atoms with E-state index in [0.29, 0.717) is 5.56 Å². The van der Waals surface area contributed by atoms with E-state index in [2.05, 4.69) is 0 Å². The number of amides is 1. The topological polar surface area (TPSA) is 83.9 Å². The number of primary amides is 1. The third-order valence-corrected chi connectivity index (χ3v) is 1.73. The minimum absolute atomic E-state index is 0.317. The van der Waals surface area contributed by atoms with Crippen LogP contribution in [0.25, 0.3) is 0 Å². The standard InChI is InChI=1S/C10H8N2O2/c11-6-8(10(12)14)9(13)7-4-2-1-3-5-7/h1-5,8H,(H2,12,14). The van der Waals surface area contributed by atoms with Crippen LogP contribution < -0.4 is 5.73 Å². The summed E-state index contributed by atoms with van der Waals surface area (Å²) < 4.78 is 0. The number of nitrogens with zero attached hydrogens (tertiary/aromatic N) is 1. The van der Waals surface area contributed by atoms with Gasteiger partial charge in [0.15, 0.2) is 11.7 Å². The molecular weight excluding hydrogens is 180 g/mol. The summed E-state index contributed by atoms with van der Waals surface area (Å²) in [6, 6.07) is 9.70. The quantitative estimate of drug-likeness (QED) is 0.553. The van der Waals surface area contributed by atoms with E-state index in [1.54, 1.807) is 24.3 Å². The van der Waals surface area contributed by atoms with E-state index in [9.17, 15) is 9.59 Å². The van der Waals surface area contributed by atoms with Crippen molar-refractivity contribution in [3.8, 4) is 6.07 Å². The highest BCUT2D eigenvalue weighted by atomic mass is 16.2. The van der Waals surface area contributed by atoms with Crippen LogP contribution in [-0.2, 0) is 4.79 Å². The fourth-order valence-electron chi connectivity index (χ4n) is 1.02. The van der Waals surface area contributed by atoms with Crippen LogP contribution in [0.3, 0.4) is 0 Å². The summed E-state index contributed by atoms with van der Waals surface area (Å²) in [6.45, 7) is 0. The molecule has 4 heteroatoms. The number of rotatable bonds is 3. The van der Waals surface area contributed by atoms with E-state index < -0.39 is 17.6 Å². The van der Waals surface area contributed by atoms with E-state index in [1.165, 1.54) is 12.1 Å². The van der Waals surface area contributed by atoms with Gasteiger partial charge in [-0.1, -0.05) is 30.3 Å². The minimum Gasteiger partial charge on any atom is -0.368 e. The number of carbonyl (C=O) groups is 2. The minimum atomic E-state index is -1.39. The first kappa shape index (κ1) is 9.93. The largest absolute Gasteiger partial charge is 0.368 e. The smallest absolute Gasteiger partial charge is 0.242 e. The van der Waals surface area contributed by atoms with Gasteiger partial charge in [-0.25, -0.2) is 0 Å². The highest BCUT2D eigenvalue weighted by Gasteiger charge is 2.24. The predicted molar refractivity (Wildman–Crippen MR) is 49.1 cm³/mol. The van der Waals surface area contributed by atoms with Crippen molar-refractivity contribution in [3.05, 3.63) is 35.9 Å². The summed E-state index contributed by atoms with van der Waals surface area (Å²) >= 11 is 0. The van der Waals surface area contributed by atoms with Gasteiger partial charge < -0.3 is 5.73 Å². The average Bonchev–Trinajstić information content (AvgIpc) is 2.19. The van der Waals surface area contributed by atoms with E-state index >= 15 is 0 Å². The van der Waals surface area contributed by atoms with Gasteiger partial charge in [-0.2, -0.15) is 5.26 Å². The Balaban J connectivity index is 2.97. The van der Waals surface area contributed by atoms with Gasteiger partial charge in [0.1, 0.15) is 0 Å². The molecular formula is C10H8N2O2. The lowest BCUT2D eigenvalue weighted by atomic mass is 9.99. The Morgan fingerprint density at radius 3 is 2.29 bits per heavy atom. The molecule has 0 radical (unpaired) electrons. The van der Waals surface area contributed by atoms with E-state index in [4.69, 9.17) is 11.0 Å². The number of ketones is 1. The van der Waals surface area contributed by atoms with Gasteiger partial charge in [-0.15, -0.1) is 0 Å². The number of benzene rings is 1. The molecule has 14 heavy (non-hydrogen) atoms. The molecule has 4 nitrogen and oxygen atoms in total. The van der Waals surface area contributed by atoms with Crippen LogP contribution in [0.2, 0.25) is 0 Å². The molecule has 0 saturated heterocycles. The molecule has 1 aromatic rings. The van der Waals surface area contributed by atoms with Gasteiger partial charge in [0.05, 0.1) is 6.07 Å². The summed E-state index contributed by atoms with van der Waals surface area (Å²) in [4.78, 5) is 22.2. The monoisotopic (exact) mass is 188 g/mol. The first-order chi connectivity index (χ1) is 6.66. The number of carbonyl (C=O) groups excluding carboxylic acids is 2. The Morgan fingerprint density at radius 1 is 1.29 bits per heavy atom. The Bertz CT molecular complexity index is 392. The Hall–Kier alpha value is -2.15. The molecule has 1 aromatic carbocycles. The average molecular weight is 188 g/mol. The maximum Gasteiger partial charge on any atom is 0.242 e. The number of Topliss-reactive ketones (excluding diaryl/α,β-unsaturated/α-hetero) is 1. The number of nitrogens with two attached hydrogens (primary N) is 1. The molecule has 0 saturated carbocycles. The van der Waals surface area contributed by atoms with Crippen LogP contribution in [0.15, 0.2) is 30.3 Å². The fourth-order valence-corrected chi connectivity index (χ4v) is 1.02. The van der Waals surface area contributed by atoms with Crippen molar-refractivity contribution >= 4 is 11.7 Å². The van der Waals surface area contributed by atoms with Gasteiger partial charge >= 0.3 is 0 Å². The zero-order chi connectivity index (χ0) is 10.6. The van der Waals surface area contributed by atoms with Crippen molar-refractivity contribution in [1.29, 1.82) is 5.26 Å². The zero-order valence-electron chi connectivity index (χ0n) is 7.31. The van der Waals surface area contributed by atoms with Gasteiger partial charge in [0.25, 0.3) is 0 Å². The normalized spacial score (nSPS) is 11.4. The summed E-state index contributed by atoms with van der Waals surface area (Å²) in [6.07, 6.45) is 0. The number of hydrogen-bond donors (Lipinski definition) is 1. The van der Waals surface area contributed by atoms with Gasteiger partial charge in [0.2, 0.25) is 5.91 Å². The van der Waals surface area contributed by atoms with E-state index in [0.717, 1.165) is 0 Å². The Morgan fingerprint density at radius 2 is 1.86 bits per heavy atom. The molecule has 0 heterocycles. The maximum absolute atomic E-state index is 11.5. The first-order valence-electron chi connectivity index (χ1n) is 3.95. The van der Waals surface area contributed by atoms with Crippen LogP contribution in [0.1, 0.15) is 10.4 Å². The van der Waals surface area contributed by atoms with Crippen molar-refractivity contribution in [2.24, 2.45) is 11.7 Å². The first-order valence-corrected chi connectivity index (χ1v) is 3.95. The van der Waals surface area contributed by atoms with Crippen LogP contribution in [-0.4, -0.2) is 11.7 Å². The Kier molecular flexibility index (Phi) is 2.97. The number of nitriles is 1. The molecule has 70 valence electrons. The molecule has 1 unspecified atom stereocenters. The van der Waals surface area contributed by atoms with Gasteiger partial charge in [-0.3, -0.25) is 9.59 Å². The van der Waals surface area contributed by atoms with Gasteiger partial charge in [0, 0.05) is 5.56 Å². The van der Waals surface area contributed by atoms with E-state index in [-0.39, 0.29) is 0 Å². The molecule has 0 aliphatic rings. The second-order valence-electron chi connectivity index (χ2n) is 2.69. The predicted octanol–water partition coefficient (Wildman–Crippen LogP) is 0.494. The van der Waals surface area contributed by atoms with Crippen LogP contribution >= 0.6 is 0 Å². The molecule has 1 amide bonds. The lowest BCUT2D eigenvalue weighted by Gasteiger charge is -2.02. The number of hydrogen-bond acceptors (Lipinski definition) is 3. The molecule has 1 rings (SSSR count). The molecule has 0 bridgehead atoms. The van der Waals surface area contributed by atoms with E-state index in [1.807, 2.05) is 0 Å². The van der Waals surface area contributed by atoms with Crippen molar-refractivity contribution in [3.63, 3.8) is 0 Å². The molecule has 0 aliphatic carbocycles. The van der Waals surface area contributed by atoms with Crippen LogP contribution in [0, 0.1) is 17.2 Å². The van der Waals surface area contributed by atoms with Crippen LogP contribution in [0.4, 0.5) is 0 Å². The lowest BCUT2D eigenvalue weighted by molar-refractivity contribution is -0.119. The summed E-state index contributed by atoms with van der Waals surface area (Å²) in [5, 5.41) is 8.56. The highest BCUT2D eigenvalue weighted by Crippen LogP contribution is 2.07. The highest BCUT2D eigenvalue weighted by molar-refractivity contribution is 6.11. The van der Waals surface area contributed by atoms with Crippen molar-refractivity contribution < 1.29 is 9.59 Å². The van der Waals surface area contributed by atoms with Gasteiger partial charge in [-0.05, 0) is 0 Å². The zero-order valence-corrected chi connectivity index (χ0v) is 7.31. The molecule has 0 aromatic heterocycles. The summed E-state index contributed by atoms with van der Waals surface area (Å²) in [7, 11) is 0. The molecule has 1 atom stereocenters. The SMILES string of the molecule is N#CC(C(N)=O)C(=O)c1ccccc1. The lowest BCUT2D eigenvalue weighted by Crippen LogP contribution is -2.29.